The molecule has 1 aromatic heterocycles. The van der Waals surface area contributed by atoms with Gasteiger partial charge in [-0.3, -0.25) is 0 Å². The molecule has 4 nitrogen and oxygen atoms in total. The highest BCUT2D eigenvalue weighted by Crippen LogP contribution is 2.24. The van der Waals surface area contributed by atoms with Crippen molar-refractivity contribution in [1.82, 2.24) is 15.0 Å². The maximum absolute atomic E-state index is 6.01. The highest BCUT2D eigenvalue weighted by Gasteiger charge is 2.07. The van der Waals surface area contributed by atoms with E-state index in [0.717, 1.165) is 34.8 Å². The summed E-state index contributed by atoms with van der Waals surface area (Å²) in [6.07, 6.45) is 2.65. The molecule has 2 N–H and O–H groups in total. The quantitative estimate of drug-likeness (QED) is 0.906. The number of rotatable bonds is 4. The number of nitrogens with zero attached hydrogens (tertiary/aromatic N) is 3. The van der Waals surface area contributed by atoms with Gasteiger partial charge in [-0.1, -0.05) is 22.9 Å². The van der Waals surface area contributed by atoms with E-state index in [-0.39, 0.29) is 0 Å². The molecule has 1 aromatic carbocycles. The molecule has 0 spiro atoms. The molecule has 0 atom stereocenters. The van der Waals surface area contributed by atoms with Crippen molar-refractivity contribution in [3.63, 3.8) is 0 Å². The van der Waals surface area contributed by atoms with Gasteiger partial charge in [-0.2, -0.15) is 0 Å². The third kappa shape index (κ3) is 2.65. The van der Waals surface area contributed by atoms with Crippen molar-refractivity contribution in [3.8, 4) is 11.3 Å². The lowest BCUT2D eigenvalue weighted by molar-refractivity contribution is 0.569. The van der Waals surface area contributed by atoms with Gasteiger partial charge < -0.3 is 5.73 Å². The summed E-state index contributed by atoms with van der Waals surface area (Å²) in [5, 5.41) is 8.78. The molecule has 0 saturated carbocycles. The predicted octanol–water partition coefficient (Wildman–Crippen LogP) is 2.26. The van der Waals surface area contributed by atoms with E-state index in [4.69, 9.17) is 17.3 Å². The van der Waals surface area contributed by atoms with Gasteiger partial charge in [0.2, 0.25) is 0 Å². The summed E-state index contributed by atoms with van der Waals surface area (Å²) in [5.41, 5.74) is 8.63. The second-order valence-corrected chi connectivity index (χ2v) is 4.36. The summed E-state index contributed by atoms with van der Waals surface area (Å²) in [4.78, 5) is 0. The van der Waals surface area contributed by atoms with Crippen LogP contribution in [0.3, 0.4) is 0 Å². The van der Waals surface area contributed by atoms with Crippen LogP contribution in [0.1, 0.15) is 12.0 Å². The van der Waals surface area contributed by atoms with Crippen molar-refractivity contribution in [2.75, 3.05) is 6.54 Å². The van der Waals surface area contributed by atoms with Crippen LogP contribution in [0.5, 0.6) is 0 Å². The fourth-order valence-corrected chi connectivity index (χ4v) is 1.81. The van der Waals surface area contributed by atoms with Crippen molar-refractivity contribution in [2.24, 2.45) is 5.73 Å². The molecule has 5 heteroatoms. The normalized spacial score (nSPS) is 10.8. The predicted molar refractivity (Wildman–Crippen MR) is 68.9 cm³/mol. The molecule has 0 fully saturated rings. The van der Waals surface area contributed by atoms with E-state index < -0.39 is 0 Å². The van der Waals surface area contributed by atoms with Crippen LogP contribution in [-0.4, -0.2) is 21.5 Å². The Kier molecular flexibility index (Phi) is 3.76. The lowest BCUT2D eigenvalue weighted by atomic mass is 10.1. The number of nitrogens with two attached hydrogens (primary N) is 1. The van der Waals surface area contributed by atoms with Gasteiger partial charge in [-0.25, -0.2) is 4.68 Å². The molecule has 2 rings (SSSR count). The first-order chi connectivity index (χ1) is 8.22. The highest BCUT2D eigenvalue weighted by atomic mass is 35.5. The first-order valence-corrected chi connectivity index (χ1v) is 5.95. The second kappa shape index (κ2) is 5.29. The van der Waals surface area contributed by atoms with Crippen molar-refractivity contribution in [2.45, 2.75) is 19.9 Å². The molecule has 0 amide bonds. The number of hydrogen-bond donors (Lipinski definition) is 1. The topological polar surface area (TPSA) is 56.7 Å². The monoisotopic (exact) mass is 250 g/mol. The van der Waals surface area contributed by atoms with Crippen molar-refractivity contribution < 1.29 is 0 Å². The van der Waals surface area contributed by atoms with Crippen molar-refractivity contribution >= 4 is 11.6 Å². The van der Waals surface area contributed by atoms with Crippen LogP contribution in [0.2, 0.25) is 5.02 Å². The molecule has 0 aliphatic carbocycles. The SMILES string of the molecule is Cc1cc(-c2cnnn2CCCN)ccc1Cl. The smallest absolute Gasteiger partial charge is 0.0885 e. The molecule has 2 aromatic rings. The second-order valence-electron chi connectivity index (χ2n) is 3.95. The lowest BCUT2D eigenvalue weighted by Crippen LogP contribution is -2.08. The lowest BCUT2D eigenvalue weighted by Gasteiger charge is -2.07. The first-order valence-electron chi connectivity index (χ1n) is 5.57. The Bertz CT molecular complexity index is 507. The number of aryl methyl sites for hydroxylation is 2. The molecule has 0 aliphatic heterocycles. The van der Waals surface area contributed by atoms with Crippen LogP contribution in [0.4, 0.5) is 0 Å². The molecule has 0 bridgehead atoms. The van der Waals surface area contributed by atoms with E-state index in [9.17, 15) is 0 Å². The van der Waals surface area contributed by atoms with Crippen LogP contribution in [0.25, 0.3) is 11.3 Å². The summed E-state index contributed by atoms with van der Waals surface area (Å²) in [5.74, 6) is 0. The van der Waals surface area contributed by atoms with Crippen LogP contribution in [0, 0.1) is 6.92 Å². The Morgan fingerprint density at radius 3 is 2.94 bits per heavy atom. The summed E-state index contributed by atoms with van der Waals surface area (Å²) in [7, 11) is 0. The van der Waals surface area contributed by atoms with Gasteiger partial charge in [-0.15, -0.1) is 5.10 Å². The van der Waals surface area contributed by atoms with E-state index in [0.29, 0.717) is 6.54 Å². The molecule has 0 unspecified atom stereocenters. The minimum Gasteiger partial charge on any atom is -0.330 e. The van der Waals surface area contributed by atoms with E-state index in [1.807, 2.05) is 29.8 Å². The van der Waals surface area contributed by atoms with Crippen molar-refractivity contribution in [1.29, 1.82) is 0 Å². The molecule has 0 radical (unpaired) electrons. The Morgan fingerprint density at radius 2 is 2.24 bits per heavy atom. The Balaban J connectivity index is 2.32. The number of aromatic nitrogens is 3. The van der Waals surface area contributed by atoms with Gasteiger partial charge in [-0.05, 0) is 37.6 Å². The Labute approximate surface area is 105 Å². The van der Waals surface area contributed by atoms with E-state index in [1.165, 1.54) is 0 Å². The zero-order valence-electron chi connectivity index (χ0n) is 9.73. The molecule has 17 heavy (non-hydrogen) atoms. The molecule has 0 saturated heterocycles. The van der Waals surface area contributed by atoms with E-state index >= 15 is 0 Å². The van der Waals surface area contributed by atoms with Gasteiger partial charge in [0, 0.05) is 17.1 Å². The first kappa shape index (κ1) is 12.1. The average Bonchev–Trinajstić information content (AvgIpc) is 2.78. The summed E-state index contributed by atoms with van der Waals surface area (Å²) >= 11 is 6.01. The van der Waals surface area contributed by atoms with Gasteiger partial charge in [0.05, 0.1) is 11.9 Å². The third-order valence-electron chi connectivity index (χ3n) is 2.65. The van der Waals surface area contributed by atoms with Gasteiger partial charge in [0.25, 0.3) is 0 Å². The van der Waals surface area contributed by atoms with Gasteiger partial charge in [0.1, 0.15) is 0 Å². The molecular weight excluding hydrogens is 236 g/mol. The number of halogens is 1. The maximum Gasteiger partial charge on any atom is 0.0885 e. The summed E-state index contributed by atoms with van der Waals surface area (Å²) < 4.78 is 1.87. The van der Waals surface area contributed by atoms with Crippen LogP contribution in [-0.2, 0) is 6.54 Å². The maximum atomic E-state index is 6.01. The Morgan fingerprint density at radius 1 is 1.41 bits per heavy atom. The minimum atomic E-state index is 0.652. The molecular formula is C12H15ClN4. The zero-order chi connectivity index (χ0) is 12.3. The molecule has 0 aliphatic rings. The van der Waals surface area contributed by atoms with Gasteiger partial charge >= 0.3 is 0 Å². The highest BCUT2D eigenvalue weighted by molar-refractivity contribution is 6.31. The average molecular weight is 251 g/mol. The van der Waals surface area contributed by atoms with E-state index in [1.54, 1.807) is 6.20 Å². The molecule has 90 valence electrons. The number of hydrogen-bond acceptors (Lipinski definition) is 3. The van der Waals surface area contributed by atoms with Crippen LogP contribution < -0.4 is 5.73 Å². The van der Waals surface area contributed by atoms with Crippen molar-refractivity contribution in [3.05, 3.63) is 35.0 Å². The minimum absolute atomic E-state index is 0.652. The fraction of sp³-hybridized carbons (Fsp3) is 0.333. The summed E-state index contributed by atoms with van der Waals surface area (Å²) in [6.45, 7) is 3.42. The standard InChI is InChI=1S/C12H15ClN4/c1-9-7-10(3-4-11(9)13)12-8-15-16-17(12)6-2-5-14/h3-4,7-8H,2,5-6,14H2,1H3. The summed E-state index contributed by atoms with van der Waals surface area (Å²) in [6, 6.07) is 5.92. The largest absolute Gasteiger partial charge is 0.330 e. The Hall–Kier alpha value is -1.39. The van der Waals surface area contributed by atoms with Gasteiger partial charge in [0.15, 0.2) is 0 Å². The molecule has 1 heterocycles. The van der Waals surface area contributed by atoms with Crippen LogP contribution >= 0.6 is 11.6 Å². The van der Waals surface area contributed by atoms with Crippen LogP contribution in [0.15, 0.2) is 24.4 Å². The zero-order valence-corrected chi connectivity index (χ0v) is 10.5. The third-order valence-corrected chi connectivity index (χ3v) is 3.07. The fourth-order valence-electron chi connectivity index (χ4n) is 1.69. The number of benzene rings is 1. The van der Waals surface area contributed by atoms with E-state index in [2.05, 4.69) is 10.3 Å².